The predicted molar refractivity (Wildman–Crippen MR) is 113 cm³/mol. The Morgan fingerprint density at radius 1 is 1.00 bits per heavy atom. The summed E-state index contributed by atoms with van der Waals surface area (Å²) in [6.07, 6.45) is 3.65. The lowest BCUT2D eigenvalue weighted by Gasteiger charge is -2.14. The van der Waals surface area contributed by atoms with E-state index in [1.807, 2.05) is 78.2 Å². The summed E-state index contributed by atoms with van der Waals surface area (Å²) in [7, 11) is 0. The molecule has 4 heteroatoms. The molecule has 0 aliphatic carbocycles. The van der Waals surface area contributed by atoms with Crippen LogP contribution in [0.15, 0.2) is 85.2 Å². The summed E-state index contributed by atoms with van der Waals surface area (Å²) < 4.78 is 2.03. The minimum absolute atomic E-state index is 0.0586. The van der Waals surface area contributed by atoms with Crippen LogP contribution in [0.1, 0.15) is 29.3 Å². The number of amides is 1. The quantitative estimate of drug-likeness (QED) is 0.532. The summed E-state index contributed by atoms with van der Waals surface area (Å²) in [5, 5.41) is 3.10. The van der Waals surface area contributed by atoms with E-state index in [0.717, 1.165) is 29.6 Å². The molecule has 0 aliphatic heterocycles. The Morgan fingerprint density at radius 2 is 1.71 bits per heavy atom. The molecule has 1 aromatic heterocycles. The molecule has 4 nitrogen and oxygen atoms in total. The van der Waals surface area contributed by atoms with E-state index in [-0.39, 0.29) is 11.9 Å². The minimum atomic E-state index is -0.0586. The van der Waals surface area contributed by atoms with Gasteiger partial charge in [0, 0.05) is 17.3 Å². The van der Waals surface area contributed by atoms with Crippen molar-refractivity contribution >= 4 is 16.9 Å². The number of carbonyl (C=O) groups is 1. The maximum absolute atomic E-state index is 12.6. The van der Waals surface area contributed by atoms with Gasteiger partial charge in [-0.3, -0.25) is 9.36 Å². The number of imidazole rings is 1. The SMILES string of the molecule is CC(CCc1ccccc1)NC(=O)c1ccc2c(c1)ncn2-c1ccccc1. The average Bonchev–Trinajstić information content (AvgIpc) is 3.17. The van der Waals surface area contributed by atoms with Gasteiger partial charge in [-0.1, -0.05) is 48.5 Å². The Morgan fingerprint density at radius 3 is 2.46 bits per heavy atom. The molecule has 0 saturated carbocycles. The molecular weight excluding hydrogens is 346 g/mol. The van der Waals surface area contributed by atoms with Crippen LogP contribution in [0.3, 0.4) is 0 Å². The molecule has 4 aromatic rings. The van der Waals surface area contributed by atoms with E-state index in [4.69, 9.17) is 0 Å². The van der Waals surface area contributed by atoms with E-state index in [0.29, 0.717) is 5.56 Å². The number of aromatic nitrogens is 2. The van der Waals surface area contributed by atoms with Gasteiger partial charge in [0.2, 0.25) is 0 Å². The van der Waals surface area contributed by atoms with Crippen molar-refractivity contribution in [2.75, 3.05) is 0 Å². The number of hydrogen-bond donors (Lipinski definition) is 1. The van der Waals surface area contributed by atoms with Gasteiger partial charge in [0.1, 0.15) is 6.33 Å². The number of nitrogens with one attached hydrogen (secondary N) is 1. The first-order valence-electron chi connectivity index (χ1n) is 9.58. The predicted octanol–water partition coefficient (Wildman–Crippen LogP) is 4.78. The highest BCUT2D eigenvalue weighted by Crippen LogP contribution is 2.19. The van der Waals surface area contributed by atoms with Gasteiger partial charge in [-0.25, -0.2) is 4.98 Å². The molecule has 140 valence electrons. The highest BCUT2D eigenvalue weighted by atomic mass is 16.1. The standard InChI is InChI=1S/C24H23N3O/c1-18(12-13-19-8-4-2-5-9-19)26-24(28)20-14-15-23-22(16-20)25-17-27(23)21-10-6-3-7-11-21/h2-11,14-18H,12-13H2,1H3,(H,26,28). The Kier molecular flexibility index (Phi) is 5.20. The zero-order valence-corrected chi connectivity index (χ0v) is 15.9. The summed E-state index contributed by atoms with van der Waals surface area (Å²) in [5.41, 5.74) is 4.78. The van der Waals surface area contributed by atoms with Gasteiger partial charge >= 0.3 is 0 Å². The largest absolute Gasteiger partial charge is 0.350 e. The van der Waals surface area contributed by atoms with Crippen LogP contribution in [0.5, 0.6) is 0 Å². The van der Waals surface area contributed by atoms with Crippen LogP contribution in [0, 0.1) is 0 Å². The van der Waals surface area contributed by atoms with Crippen molar-refractivity contribution in [1.82, 2.24) is 14.9 Å². The lowest BCUT2D eigenvalue weighted by atomic mass is 10.1. The molecule has 28 heavy (non-hydrogen) atoms. The Balaban J connectivity index is 1.44. The van der Waals surface area contributed by atoms with Crippen LogP contribution >= 0.6 is 0 Å². The van der Waals surface area contributed by atoms with Gasteiger partial charge in [-0.2, -0.15) is 0 Å². The van der Waals surface area contributed by atoms with Gasteiger partial charge in [-0.05, 0) is 55.7 Å². The lowest BCUT2D eigenvalue weighted by molar-refractivity contribution is 0.0938. The average molecular weight is 369 g/mol. The molecule has 1 heterocycles. The minimum Gasteiger partial charge on any atom is -0.350 e. The van der Waals surface area contributed by atoms with Crippen LogP contribution in [0.4, 0.5) is 0 Å². The summed E-state index contributed by atoms with van der Waals surface area (Å²) >= 11 is 0. The number of fused-ring (bicyclic) bond motifs is 1. The van der Waals surface area contributed by atoms with Crippen LogP contribution in [-0.4, -0.2) is 21.5 Å². The van der Waals surface area contributed by atoms with E-state index in [1.165, 1.54) is 5.56 Å². The van der Waals surface area contributed by atoms with Crippen molar-refractivity contribution in [1.29, 1.82) is 0 Å². The van der Waals surface area contributed by atoms with Crippen LogP contribution in [-0.2, 0) is 6.42 Å². The fraction of sp³-hybridized carbons (Fsp3) is 0.167. The normalized spacial score (nSPS) is 12.0. The van der Waals surface area contributed by atoms with Crippen molar-refractivity contribution in [3.05, 3.63) is 96.3 Å². The number of carbonyl (C=O) groups excluding carboxylic acids is 1. The molecule has 0 saturated heterocycles. The molecular formula is C24H23N3O. The highest BCUT2D eigenvalue weighted by molar-refractivity contribution is 5.97. The number of nitrogens with zero attached hydrogens (tertiary/aromatic N) is 2. The van der Waals surface area contributed by atoms with Gasteiger partial charge in [0.25, 0.3) is 5.91 Å². The zero-order chi connectivity index (χ0) is 19.3. The Labute approximate surface area is 164 Å². The maximum Gasteiger partial charge on any atom is 0.251 e. The second kappa shape index (κ2) is 8.09. The third kappa shape index (κ3) is 3.96. The zero-order valence-electron chi connectivity index (χ0n) is 15.9. The number of benzene rings is 3. The number of aryl methyl sites for hydroxylation is 1. The van der Waals surface area contributed by atoms with Gasteiger partial charge in [0.15, 0.2) is 0 Å². The molecule has 1 N–H and O–H groups in total. The summed E-state index contributed by atoms with van der Waals surface area (Å²) in [6.45, 7) is 2.05. The maximum atomic E-state index is 12.6. The molecule has 0 fully saturated rings. The summed E-state index contributed by atoms with van der Waals surface area (Å²) in [5.74, 6) is -0.0586. The van der Waals surface area contributed by atoms with Gasteiger partial charge < -0.3 is 5.32 Å². The molecule has 0 radical (unpaired) electrons. The van der Waals surface area contributed by atoms with Gasteiger partial charge in [-0.15, -0.1) is 0 Å². The fourth-order valence-electron chi connectivity index (χ4n) is 3.36. The van der Waals surface area contributed by atoms with Crippen LogP contribution in [0.2, 0.25) is 0 Å². The monoisotopic (exact) mass is 369 g/mol. The number of rotatable bonds is 6. The first-order valence-corrected chi connectivity index (χ1v) is 9.58. The smallest absolute Gasteiger partial charge is 0.251 e. The molecule has 1 atom stereocenters. The summed E-state index contributed by atoms with van der Waals surface area (Å²) in [4.78, 5) is 17.1. The van der Waals surface area contributed by atoms with Crippen molar-refractivity contribution in [3.63, 3.8) is 0 Å². The molecule has 4 rings (SSSR count). The van der Waals surface area contributed by atoms with Gasteiger partial charge in [0.05, 0.1) is 11.0 Å². The number of para-hydroxylation sites is 1. The van der Waals surface area contributed by atoms with E-state index in [9.17, 15) is 4.79 Å². The molecule has 0 bridgehead atoms. The third-order valence-electron chi connectivity index (χ3n) is 4.93. The Bertz CT molecular complexity index is 1070. The first-order chi connectivity index (χ1) is 13.7. The van der Waals surface area contributed by atoms with Crippen molar-refractivity contribution in [3.8, 4) is 5.69 Å². The molecule has 1 unspecified atom stereocenters. The molecule has 0 aliphatic rings. The van der Waals surface area contributed by atoms with Crippen molar-refractivity contribution < 1.29 is 4.79 Å². The fourth-order valence-corrected chi connectivity index (χ4v) is 3.36. The molecule has 1 amide bonds. The second-order valence-electron chi connectivity index (χ2n) is 7.05. The second-order valence-corrected chi connectivity index (χ2v) is 7.05. The van der Waals surface area contributed by atoms with Crippen molar-refractivity contribution in [2.24, 2.45) is 0 Å². The third-order valence-corrected chi connectivity index (χ3v) is 4.93. The lowest BCUT2D eigenvalue weighted by Crippen LogP contribution is -2.32. The van der Waals surface area contributed by atoms with E-state index in [1.54, 1.807) is 6.33 Å². The highest BCUT2D eigenvalue weighted by Gasteiger charge is 2.12. The van der Waals surface area contributed by atoms with E-state index < -0.39 is 0 Å². The van der Waals surface area contributed by atoms with E-state index in [2.05, 4.69) is 22.4 Å². The van der Waals surface area contributed by atoms with Crippen molar-refractivity contribution in [2.45, 2.75) is 25.8 Å². The molecule has 0 spiro atoms. The topological polar surface area (TPSA) is 46.9 Å². The van der Waals surface area contributed by atoms with Crippen LogP contribution < -0.4 is 5.32 Å². The molecule has 3 aromatic carbocycles. The van der Waals surface area contributed by atoms with Crippen LogP contribution in [0.25, 0.3) is 16.7 Å². The summed E-state index contributed by atoms with van der Waals surface area (Å²) in [6, 6.07) is 26.2. The number of hydrogen-bond acceptors (Lipinski definition) is 2. The first kappa shape index (κ1) is 18.0. The van der Waals surface area contributed by atoms with E-state index >= 15 is 0 Å². The Hall–Kier alpha value is -3.40.